The highest BCUT2D eigenvalue weighted by atomic mass is 16.5. The van der Waals surface area contributed by atoms with Crippen molar-refractivity contribution in [3.8, 4) is 11.5 Å². The average molecular weight is 446 g/mol. The van der Waals surface area contributed by atoms with E-state index in [0.717, 1.165) is 37.6 Å². The summed E-state index contributed by atoms with van der Waals surface area (Å²) in [7, 11) is 2.01. The lowest BCUT2D eigenvalue weighted by molar-refractivity contribution is 0.0378. The highest BCUT2D eigenvalue weighted by Crippen LogP contribution is 2.26. The van der Waals surface area contributed by atoms with Crippen molar-refractivity contribution in [1.29, 1.82) is 0 Å². The highest BCUT2D eigenvalue weighted by molar-refractivity contribution is 5.94. The molecule has 1 aliphatic rings. The number of likely N-dealkylation sites (tertiary alicyclic amines) is 1. The largest absolute Gasteiger partial charge is 0.459 e. The number of carbonyl (C=O) groups is 1. The van der Waals surface area contributed by atoms with E-state index in [0.29, 0.717) is 11.4 Å². The Balaban J connectivity index is 1.39. The van der Waals surface area contributed by atoms with Gasteiger partial charge < -0.3 is 14.4 Å². The molecule has 33 heavy (non-hydrogen) atoms. The summed E-state index contributed by atoms with van der Waals surface area (Å²) in [6, 6.07) is 21.9. The molecule has 2 heterocycles. The van der Waals surface area contributed by atoms with Crippen LogP contribution < -0.4 is 9.64 Å². The molecule has 0 radical (unpaired) electrons. The summed E-state index contributed by atoms with van der Waals surface area (Å²) in [5, 5.41) is 0. The second-order valence-electron chi connectivity index (χ2n) is 8.68. The zero-order valence-corrected chi connectivity index (χ0v) is 19.5. The number of ether oxygens (including phenoxy) is 2. The maximum absolute atomic E-state index is 12.6. The van der Waals surface area contributed by atoms with Gasteiger partial charge >= 0.3 is 5.97 Å². The summed E-state index contributed by atoms with van der Waals surface area (Å²) in [6.45, 7) is 6.44. The predicted octanol–water partition coefficient (Wildman–Crippen LogP) is 5.15. The fourth-order valence-corrected chi connectivity index (χ4v) is 4.15. The number of pyridine rings is 1. The minimum absolute atomic E-state index is 0.167. The number of nitrogens with zero attached hydrogens (tertiary/aromatic N) is 3. The minimum Gasteiger partial charge on any atom is -0.459 e. The summed E-state index contributed by atoms with van der Waals surface area (Å²) in [5.74, 6) is 2.02. The number of rotatable bonds is 8. The number of hydrogen-bond acceptors (Lipinski definition) is 6. The first-order valence-corrected chi connectivity index (χ1v) is 11.4. The van der Waals surface area contributed by atoms with Gasteiger partial charge in [-0.25, -0.2) is 9.78 Å². The molecule has 0 spiro atoms. The first-order chi connectivity index (χ1) is 16.0. The summed E-state index contributed by atoms with van der Waals surface area (Å²) in [5.41, 5.74) is 1.73. The molecule has 1 saturated heterocycles. The molecule has 172 valence electrons. The Bertz CT molecular complexity index is 1070. The van der Waals surface area contributed by atoms with E-state index in [9.17, 15) is 4.79 Å². The fraction of sp³-hybridized carbons (Fsp3) is 0.333. The van der Waals surface area contributed by atoms with E-state index in [-0.39, 0.29) is 18.1 Å². The second-order valence-corrected chi connectivity index (χ2v) is 8.68. The SMILES string of the molecule is CC(C)OC(=O)c1cccnc1N(C)[C@@H]1CCN(Cc2cccc(Oc3ccccc3)c2)C1. The Morgan fingerprint density at radius 1 is 1.09 bits per heavy atom. The van der Waals surface area contributed by atoms with Crippen LogP contribution in [-0.2, 0) is 11.3 Å². The number of aromatic nitrogens is 1. The number of carbonyl (C=O) groups excluding carboxylic acids is 1. The summed E-state index contributed by atoms with van der Waals surface area (Å²) < 4.78 is 11.4. The Morgan fingerprint density at radius 2 is 1.88 bits per heavy atom. The quantitative estimate of drug-likeness (QED) is 0.447. The van der Waals surface area contributed by atoms with Crippen molar-refractivity contribution in [3.05, 3.63) is 84.1 Å². The van der Waals surface area contributed by atoms with Gasteiger partial charge in [0, 0.05) is 38.9 Å². The Hall–Kier alpha value is -3.38. The molecule has 6 heteroatoms. The molecule has 2 aromatic carbocycles. The van der Waals surface area contributed by atoms with Crippen LogP contribution in [0, 0.1) is 0 Å². The van der Waals surface area contributed by atoms with Gasteiger partial charge in [-0.05, 0) is 62.2 Å². The van der Waals surface area contributed by atoms with Crippen LogP contribution in [-0.4, -0.2) is 48.1 Å². The van der Waals surface area contributed by atoms with Gasteiger partial charge in [0.2, 0.25) is 0 Å². The average Bonchev–Trinajstić information content (AvgIpc) is 3.27. The van der Waals surface area contributed by atoms with Crippen LogP contribution in [0.2, 0.25) is 0 Å². The van der Waals surface area contributed by atoms with Crippen LogP contribution in [0.5, 0.6) is 11.5 Å². The van der Waals surface area contributed by atoms with Crippen molar-refractivity contribution >= 4 is 11.8 Å². The molecule has 0 bridgehead atoms. The Labute approximate surface area is 195 Å². The van der Waals surface area contributed by atoms with E-state index in [2.05, 4.69) is 26.9 Å². The number of anilines is 1. The zero-order valence-electron chi connectivity index (χ0n) is 19.5. The molecule has 0 amide bonds. The summed E-state index contributed by atoms with van der Waals surface area (Å²) in [6.07, 6.45) is 2.56. The van der Waals surface area contributed by atoms with Crippen LogP contribution in [0.25, 0.3) is 0 Å². The van der Waals surface area contributed by atoms with Crippen LogP contribution >= 0.6 is 0 Å². The maximum Gasteiger partial charge on any atom is 0.342 e. The molecule has 0 N–H and O–H groups in total. The number of hydrogen-bond donors (Lipinski definition) is 0. The van der Waals surface area contributed by atoms with Gasteiger partial charge in [0.15, 0.2) is 0 Å². The second kappa shape index (κ2) is 10.5. The third-order valence-electron chi connectivity index (χ3n) is 5.76. The van der Waals surface area contributed by atoms with Crippen LogP contribution in [0.4, 0.5) is 5.82 Å². The molecule has 4 rings (SSSR count). The molecular formula is C27H31N3O3. The van der Waals surface area contributed by atoms with Crippen molar-refractivity contribution in [3.63, 3.8) is 0 Å². The molecule has 6 nitrogen and oxygen atoms in total. The third kappa shape index (κ3) is 5.90. The number of esters is 1. The topological polar surface area (TPSA) is 54.9 Å². The molecule has 0 saturated carbocycles. The lowest BCUT2D eigenvalue weighted by Gasteiger charge is -2.27. The van der Waals surface area contributed by atoms with Gasteiger partial charge in [-0.3, -0.25) is 4.90 Å². The molecule has 0 aliphatic carbocycles. The number of para-hydroxylation sites is 1. The number of benzene rings is 2. The molecule has 1 aliphatic heterocycles. The van der Waals surface area contributed by atoms with E-state index >= 15 is 0 Å². The third-order valence-corrected chi connectivity index (χ3v) is 5.76. The zero-order chi connectivity index (χ0) is 23.2. The van der Waals surface area contributed by atoms with E-state index in [1.165, 1.54) is 5.56 Å². The van der Waals surface area contributed by atoms with Gasteiger partial charge in [0.25, 0.3) is 0 Å². The predicted molar refractivity (Wildman–Crippen MR) is 130 cm³/mol. The van der Waals surface area contributed by atoms with Crippen molar-refractivity contribution in [2.75, 3.05) is 25.0 Å². The fourth-order valence-electron chi connectivity index (χ4n) is 4.15. The monoisotopic (exact) mass is 445 g/mol. The van der Waals surface area contributed by atoms with Gasteiger partial charge in [-0.1, -0.05) is 30.3 Å². The molecule has 1 atom stereocenters. The first-order valence-electron chi connectivity index (χ1n) is 11.4. The maximum atomic E-state index is 12.6. The minimum atomic E-state index is -0.329. The molecular weight excluding hydrogens is 414 g/mol. The van der Waals surface area contributed by atoms with Crippen LogP contribution in [0.1, 0.15) is 36.2 Å². The highest BCUT2D eigenvalue weighted by Gasteiger charge is 2.29. The van der Waals surface area contributed by atoms with Crippen molar-refractivity contribution in [2.24, 2.45) is 0 Å². The molecule has 3 aromatic rings. The van der Waals surface area contributed by atoms with Gasteiger partial charge in [0.1, 0.15) is 22.9 Å². The van der Waals surface area contributed by atoms with Gasteiger partial charge in [-0.2, -0.15) is 0 Å². The summed E-state index contributed by atoms with van der Waals surface area (Å²) in [4.78, 5) is 21.6. The summed E-state index contributed by atoms with van der Waals surface area (Å²) >= 11 is 0. The molecule has 1 aromatic heterocycles. The Kier molecular flexibility index (Phi) is 7.25. The van der Waals surface area contributed by atoms with E-state index in [1.54, 1.807) is 18.3 Å². The van der Waals surface area contributed by atoms with Gasteiger partial charge in [0.05, 0.1) is 6.10 Å². The number of likely N-dealkylation sites (N-methyl/N-ethyl adjacent to an activating group) is 1. The Morgan fingerprint density at radius 3 is 2.67 bits per heavy atom. The molecule has 1 fully saturated rings. The van der Waals surface area contributed by atoms with E-state index in [1.807, 2.05) is 63.4 Å². The lowest BCUT2D eigenvalue weighted by atomic mass is 10.2. The lowest BCUT2D eigenvalue weighted by Crippen LogP contribution is -2.36. The van der Waals surface area contributed by atoms with E-state index in [4.69, 9.17) is 9.47 Å². The molecule has 0 unspecified atom stereocenters. The van der Waals surface area contributed by atoms with Crippen LogP contribution in [0.3, 0.4) is 0 Å². The smallest absolute Gasteiger partial charge is 0.342 e. The normalized spacial score (nSPS) is 16.1. The first kappa shape index (κ1) is 22.8. The van der Waals surface area contributed by atoms with E-state index < -0.39 is 0 Å². The van der Waals surface area contributed by atoms with Crippen molar-refractivity contribution in [2.45, 2.75) is 39.0 Å². The van der Waals surface area contributed by atoms with Crippen LogP contribution in [0.15, 0.2) is 72.9 Å². The van der Waals surface area contributed by atoms with Crippen molar-refractivity contribution in [1.82, 2.24) is 9.88 Å². The van der Waals surface area contributed by atoms with Gasteiger partial charge in [-0.15, -0.1) is 0 Å². The van der Waals surface area contributed by atoms with Crippen molar-refractivity contribution < 1.29 is 14.3 Å². The standard InChI is InChI=1S/C27H31N3O3/c1-20(2)32-27(31)25-13-8-15-28-26(25)29(3)22-14-16-30(19-22)18-21-9-7-12-24(17-21)33-23-10-5-4-6-11-23/h4-13,15,17,20,22H,14,16,18-19H2,1-3H3/t22-/m1/s1.